The van der Waals surface area contributed by atoms with E-state index in [4.69, 9.17) is 0 Å². The van der Waals surface area contributed by atoms with E-state index in [1.54, 1.807) is 6.07 Å². The molecule has 0 saturated carbocycles. The summed E-state index contributed by atoms with van der Waals surface area (Å²) in [5.41, 5.74) is -0.0123. The van der Waals surface area contributed by atoms with E-state index >= 15 is 0 Å². The molecule has 2 nitrogen and oxygen atoms in total. The largest absolute Gasteiger partial charge is 0.421 e. The third-order valence-electron chi connectivity index (χ3n) is 3.97. The van der Waals surface area contributed by atoms with Crippen molar-refractivity contribution in [3.05, 3.63) is 35.0 Å². The normalized spacial score (nSPS) is 18.6. The maximum Gasteiger partial charge on any atom is 0.421 e. The number of alkyl halides is 3. The lowest BCUT2D eigenvalue weighted by molar-refractivity contribution is -0.258. The van der Waals surface area contributed by atoms with E-state index in [0.717, 1.165) is 31.7 Å². The summed E-state index contributed by atoms with van der Waals surface area (Å²) in [6.45, 7) is 0.794. The fourth-order valence-electron chi connectivity index (χ4n) is 2.75. The molecule has 5 heteroatoms. The number of fused-ring (bicyclic) bond motifs is 2. The van der Waals surface area contributed by atoms with Gasteiger partial charge in [-0.3, -0.25) is 0 Å². The Labute approximate surface area is 108 Å². The molecule has 0 aliphatic heterocycles. The fourth-order valence-corrected chi connectivity index (χ4v) is 2.75. The summed E-state index contributed by atoms with van der Waals surface area (Å²) in [5.74, 6) is 0. The van der Waals surface area contributed by atoms with Crippen molar-refractivity contribution >= 4 is 10.9 Å². The van der Waals surface area contributed by atoms with Crippen molar-refractivity contribution in [2.75, 3.05) is 0 Å². The molecule has 1 aromatic carbocycles. The van der Waals surface area contributed by atoms with Gasteiger partial charge in [0.1, 0.15) is 0 Å². The van der Waals surface area contributed by atoms with E-state index < -0.39 is 11.8 Å². The predicted octanol–water partition coefficient (Wildman–Crippen LogP) is 3.43. The molecule has 0 saturated heterocycles. The molecule has 2 aromatic rings. The lowest BCUT2D eigenvalue weighted by Gasteiger charge is -2.26. The van der Waals surface area contributed by atoms with Crippen molar-refractivity contribution in [2.45, 2.75) is 38.0 Å². The van der Waals surface area contributed by atoms with Crippen LogP contribution in [0.15, 0.2) is 18.3 Å². The standard InChI is InChI=1S/C14H14F3NO/c1-13(19,14(15,16)17)11-7-18-12-6-9-4-2-3-8(9)5-10(11)12/h5-7,18-19H,2-4H2,1H3. The van der Waals surface area contributed by atoms with Crippen LogP contribution in [0.5, 0.6) is 0 Å². The van der Waals surface area contributed by atoms with Gasteiger partial charge in [-0.25, -0.2) is 0 Å². The monoisotopic (exact) mass is 269 g/mol. The van der Waals surface area contributed by atoms with Gasteiger partial charge in [-0.1, -0.05) is 0 Å². The van der Waals surface area contributed by atoms with Crippen molar-refractivity contribution in [3.8, 4) is 0 Å². The van der Waals surface area contributed by atoms with Gasteiger partial charge in [0.2, 0.25) is 0 Å². The van der Waals surface area contributed by atoms with Gasteiger partial charge in [0.15, 0.2) is 5.60 Å². The van der Waals surface area contributed by atoms with Gasteiger partial charge < -0.3 is 10.1 Å². The van der Waals surface area contributed by atoms with Crippen LogP contribution in [-0.4, -0.2) is 16.3 Å². The highest BCUT2D eigenvalue weighted by molar-refractivity contribution is 5.86. The third kappa shape index (κ3) is 1.75. The first-order valence-corrected chi connectivity index (χ1v) is 6.23. The van der Waals surface area contributed by atoms with Crippen molar-refractivity contribution in [3.63, 3.8) is 0 Å². The predicted molar refractivity (Wildman–Crippen MR) is 65.9 cm³/mol. The van der Waals surface area contributed by atoms with E-state index in [1.165, 1.54) is 11.8 Å². The summed E-state index contributed by atoms with van der Waals surface area (Å²) in [7, 11) is 0. The van der Waals surface area contributed by atoms with Crippen LogP contribution in [-0.2, 0) is 18.4 Å². The van der Waals surface area contributed by atoms with Crippen LogP contribution in [0.2, 0.25) is 0 Å². The van der Waals surface area contributed by atoms with Gasteiger partial charge in [-0.15, -0.1) is 0 Å². The molecule has 0 bridgehead atoms. The minimum Gasteiger partial charge on any atom is -0.376 e. The number of rotatable bonds is 1. The van der Waals surface area contributed by atoms with Crippen LogP contribution in [0.4, 0.5) is 13.2 Å². The van der Waals surface area contributed by atoms with Gasteiger partial charge >= 0.3 is 6.18 Å². The summed E-state index contributed by atoms with van der Waals surface area (Å²) in [5, 5.41) is 10.3. The molecule has 19 heavy (non-hydrogen) atoms. The average Bonchev–Trinajstić information content (AvgIpc) is 2.88. The molecule has 0 fully saturated rings. The minimum absolute atomic E-state index is 0.107. The van der Waals surface area contributed by atoms with Gasteiger partial charge in [0, 0.05) is 22.7 Å². The Morgan fingerprint density at radius 2 is 1.79 bits per heavy atom. The summed E-state index contributed by atoms with van der Waals surface area (Å²) in [6, 6.07) is 3.68. The Balaban J connectivity index is 2.21. The molecule has 1 aliphatic carbocycles. The van der Waals surface area contributed by atoms with Gasteiger partial charge in [0.05, 0.1) is 0 Å². The maximum absolute atomic E-state index is 12.9. The lowest BCUT2D eigenvalue weighted by atomic mass is 9.93. The van der Waals surface area contributed by atoms with Crippen molar-refractivity contribution in [1.29, 1.82) is 0 Å². The van der Waals surface area contributed by atoms with Crippen LogP contribution < -0.4 is 0 Å². The summed E-state index contributed by atoms with van der Waals surface area (Å²) >= 11 is 0. The van der Waals surface area contributed by atoms with E-state index in [9.17, 15) is 18.3 Å². The molecule has 2 N–H and O–H groups in total. The SMILES string of the molecule is CC(O)(c1c[nH]c2cc3c(cc12)CCC3)C(F)(F)F. The Morgan fingerprint density at radius 3 is 2.42 bits per heavy atom. The highest BCUT2D eigenvalue weighted by atomic mass is 19.4. The van der Waals surface area contributed by atoms with Gasteiger partial charge in [-0.2, -0.15) is 13.2 Å². The summed E-state index contributed by atoms with van der Waals surface area (Å²) in [6.07, 6.45) is -0.541. The number of H-pyrrole nitrogens is 1. The number of benzene rings is 1. The van der Waals surface area contributed by atoms with E-state index in [1.807, 2.05) is 6.07 Å². The molecule has 102 valence electrons. The number of halogens is 3. The molecule has 1 aromatic heterocycles. The number of hydrogen-bond acceptors (Lipinski definition) is 1. The fraction of sp³-hybridized carbons (Fsp3) is 0.429. The van der Waals surface area contributed by atoms with Crippen molar-refractivity contribution in [2.24, 2.45) is 0 Å². The molecule has 0 amide bonds. The third-order valence-corrected chi connectivity index (χ3v) is 3.97. The van der Waals surface area contributed by atoms with Gasteiger partial charge in [0.25, 0.3) is 0 Å². The summed E-state index contributed by atoms with van der Waals surface area (Å²) < 4.78 is 38.8. The van der Waals surface area contributed by atoms with E-state index in [-0.39, 0.29) is 5.56 Å². The number of nitrogens with one attached hydrogen (secondary N) is 1. The zero-order valence-corrected chi connectivity index (χ0v) is 10.4. The molecule has 1 aliphatic rings. The number of aromatic amines is 1. The van der Waals surface area contributed by atoms with Crippen LogP contribution in [0, 0.1) is 0 Å². The van der Waals surface area contributed by atoms with E-state index in [2.05, 4.69) is 4.98 Å². The smallest absolute Gasteiger partial charge is 0.376 e. The first kappa shape index (κ1) is 12.5. The number of aromatic nitrogens is 1. The van der Waals surface area contributed by atoms with E-state index in [0.29, 0.717) is 10.9 Å². The Bertz CT molecular complexity index is 640. The Morgan fingerprint density at radius 1 is 1.16 bits per heavy atom. The minimum atomic E-state index is -4.69. The quantitative estimate of drug-likeness (QED) is 0.817. The van der Waals surface area contributed by atoms with Gasteiger partial charge in [-0.05, 0) is 49.4 Å². The second-order valence-electron chi connectivity index (χ2n) is 5.29. The average molecular weight is 269 g/mol. The highest BCUT2D eigenvalue weighted by Crippen LogP contribution is 2.42. The molecule has 1 heterocycles. The van der Waals surface area contributed by atoms with Crippen LogP contribution in [0.3, 0.4) is 0 Å². The highest BCUT2D eigenvalue weighted by Gasteiger charge is 2.52. The molecule has 3 rings (SSSR count). The first-order valence-electron chi connectivity index (χ1n) is 6.23. The number of aliphatic hydroxyl groups is 1. The zero-order chi connectivity index (χ0) is 13.8. The second-order valence-corrected chi connectivity index (χ2v) is 5.29. The lowest BCUT2D eigenvalue weighted by Crippen LogP contribution is -2.39. The Kier molecular flexibility index (Phi) is 2.48. The first-order chi connectivity index (χ1) is 8.80. The van der Waals surface area contributed by atoms with Crippen molar-refractivity contribution < 1.29 is 18.3 Å². The molecule has 0 radical (unpaired) electrons. The maximum atomic E-state index is 12.9. The Hall–Kier alpha value is -1.49. The molecule has 1 atom stereocenters. The number of hydrogen-bond donors (Lipinski definition) is 2. The molecular formula is C14H14F3NO. The molecule has 0 spiro atoms. The second kappa shape index (κ2) is 3.76. The topological polar surface area (TPSA) is 36.0 Å². The van der Waals surface area contributed by atoms with Crippen LogP contribution in [0.1, 0.15) is 30.0 Å². The van der Waals surface area contributed by atoms with Crippen LogP contribution >= 0.6 is 0 Å². The summed E-state index contributed by atoms with van der Waals surface area (Å²) in [4.78, 5) is 2.84. The van der Waals surface area contributed by atoms with Crippen LogP contribution in [0.25, 0.3) is 10.9 Å². The molecular weight excluding hydrogens is 255 g/mol. The zero-order valence-electron chi connectivity index (χ0n) is 10.4. The van der Waals surface area contributed by atoms with Crippen molar-refractivity contribution in [1.82, 2.24) is 4.98 Å². The number of aryl methyl sites for hydroxylation is 2. The molecule has 1 unspecified atom stereocenters.